The monoisotopic (exact) mass is 371 g/mol. The van der Waals surface area contributed by atoms with Gasteiger partial charge in [-0.1, -0.05) is 24.3 Å². The number of halogens is 3. The zero-order chi connectivity index (χ0) is 18.4. The molecule has 0 fully saturated rings. The van der Waals surface area contributed by atoms with Crippen LogP contribution in [0, 0.1) is 10.1 Å². The molecule has 0 aromatic heterocycles. The number of nitrogens with zero attached hydrogens (tertiary/aromatic N) is 1. The van der Waals surface area contributed by atoms with Crippen LogP contribution in [0.15, 0.2) is 48.5 Å². The minimum atomic E-state index is -5.79. The van der Waals surface area contributed by atoms with Gasteiger partial charge in [0, 0.05) is 6.07 Å². The Kier molecular flexibility index (Phi) is 3.79. The molecule has 0 saturated carbocycles. The summed E-state index contributed by atoms with van der Waals surface area (Å²) in [6, 6.07) is 10.9. The van der Waals surface area contributed by atoms with E-state index in [9.17, 15) is 31.7 Å². The average molecular weight is 371 g/mol. The average Bonchev–Trinajstić information content (AvgIpc) is 2.52. The lowest BCUT2D eigenvalue weighted by Crippen LogP contribution is -2.28. The number of hydrogen-bond acceptors (Lipinski definition) is 5. The lowest BCUT2D eigenvalue weighted by Gasteiger charge is -2.10. The summed E-state index contributed by atoms with van der Waals surface area (Å²) in [4.78, 5) is 10.6. The summed E-state index contributed by atoms with van der Waals surface area (Å²) in [7, 11) is -5.79. The van der Waals surface area contributed by atoms with Crippen LogP contribution in [0.4, 0.5) is 18.9 Å². The van der Waals surface area contributed by atoms with Crippen molar-refractivity contribution < 1.29 is 30.7 Å². The summed E-state index contributed by atoms with van der Waals surface area (Å²) in [5, 5.41) is 12.8. The fraction of sp³-hybridized carbons (Fsp3) is 0.0667. The Bertz CT molecular complexity index is 1110. The summed E-state index contributed by atoms with van der Waals surface area (Å²) in [5.74, 6) is -0.539. The highest BCUT2D eigenvalue weighted by Crippen LogP contribution is 2.35. The summed E-state index contributed by atoms with van der Waals surface area (Å²) in [5.41, 5.74) is -5.72. The number of fused-ring (bicyclic) bond motifs is 3. The predicted octanol–water partition coefficient (Wildman–Crippen LogP) is 4.13. The molecule has 0 spiro atoms. The summed E-state index contributed by atoms with van der Waals surface area (Å²) in [6.45, 7) is 0. The van der Waals surface area contributed by atoms with Crippen LogP contribution in [0.5, 0.6) is 5.75 Å². The van der Waals surface area contributed by atoms with Gasteiger partial charge in [-0.15, -0.1) is 0 Å². The molecule has 3 aromatic carbocycles. The van der Waals surface area contributed by atoms with Crippen molar-refractivity contribution in [1.82, 2.24) is 0 Å². The van der Waals surface area contributed by atoms with Gasteiger partial charge in [-0.25, -0.2) is 0 Å². The van der Waals surface area contributed by atoms with Crippen molar-refractivity contribution in [2.24, 2.45) is 0 Å². The molecule has 0 bridgehead atoms. The smallest absolute Gasteiger partial charge is 0.376 e. The second-order valence-electron chi connectivity index (χ2n) is 5.06. The Hall–Kier alpha value is -2.88. The van der Waals surface area contributed by atoms with E-state index in [0.717, 1.165) is 12.1 Å². The van der Waals surface area contributed by atoms with Crippen LogP contribution in [-0.4, -0.2) is 18.8 Å². The van der Waals surface area contributed by atoms with Crippen LogP contribution in [-0.2, 0) is 10.1 Å². The SMILES string of the molecule is O=[N+]([O-])c1cccc2ccc3cc(OS(=O)(=O)C(F)(F)F)ccc3c12. The highest BCUT2D eigenvalue weighted by molar-refractivity contribution is 7.88. The molecule has 0 aliphatic carbocycles. The first kappa shape index (κ1) is 17.0. The van der Waals surface area contributed by atoms with Crippen LogP contribution in [0.3, 0.4) is 0 Å². The number of nitro groups is 1. The van der Waals surface area contributed by atoms with Crippen molar-refractivity contribution in [3.05, 3.63) is 58.6 Å². The molecule has 0 amide bonds. The molecule has 0 aliphatic heterocycles. The zero-order valence-corrected chi connectivity index (χ0v) is 13.0. The molecule has 3 rings (SSSR count). The van der Waals surface area contributed by atoms with E-state index < -0.39 is 26.3 Å². The van der Waals surface area contributed by atoms with Gasteiger partial charge in [0.1, 0.15) is 5.75 Å². The molecule has 25 heavy (non-hydrogen) atoms. The van der Waals surface area contributed by atoms with Gasteiger partial charge < -0.3 is 4.18 Å². The van der Waals surface area contributed by atoms with E-state index in [1.54, 1.807) is 12.1 Å². The Morgan fingerprint density at radius 1 is 1.00 bits per heavy atom. The van der Waals surface area contributed by atoms with Gasteiger partial charge in [0.2, 0.25) is 0 Å². The molecule has 10 heteroatoms. The number of non-ortho nitro benzene ring substituents is 1. The molecule has 0 radical (unpaired) electrons. The quantitative estimate of drug-likeness (QED) is 0.227. The fourth-order valence-electron chi connectivity index (χ4n) is 2.45. The molecular formula is C15H8F3NO5S. The molecule has 0 heterocycles. The third kappa shape index (κ3) is 2.95. The molecule has 0 aliphatic rings. The van der Waals surface area contributed by atoms with Crippen molar-refractivity contribution in [2.45, 2.75) is 5.51 Å². The molecule has 0 unspecified atom stereocenters. The van der Waals surface area contributed by atoms with Crippen molar-refractivity contribution in [3.63, 3.8) is 0 Å². The molecular weight excluding hydrogens is 363 g/mol. The number of nitro benzene ring substituents is 1. The van der Waals surface area contributed by atoms with E-state index in [4.69, 9.17) is 0 Å². The van der Waals surface area contributed by atoms with Crippen molar-refractivity contribution in [1.29, 1.82) is 0 Å². The Balaban J connectivity index is 2.19. The maximum Gasteiger partial charge on any atom is 0.534 e. The number of benzene rings is 3. The second kappa shape index (κ2) is 5.59. The third-order valence-electron chi connectivity index (χ3n) is 3.50. The van der Waals surface area contributed by atoms with Gasteiger partial charge in [-0.2, -0.15) is 21.6 Å². The first-order valence-corrected chi connectivity index (χ1v) is 8.11. The molecule has 0 atom stereocenters. The Morgan fingerprint density at radius 2 is 1.68 bits per heavy atom. The van der Waals surface area contributed by atoms with Crippen LogP contribution in [0.25, 0.3) is 21.5 Å². The van der Waals surface area contributed by atoms with Crippen LogP contribution in [0.2, 0.25) is 0 Å². The van der Waals surface area contributed by atoms with E-state index >= 15 is 0 Å². The maximum atomic E-state index is 12.4. The van der Waals surface area contributed by atoms with Crippen LogP contribution < -0.4 is 4.18 Å². The Morgan fingerprint density at radius 3 is 2.32 bits per heavy atom. The van der Waals surface area contributed by atoms with Gasteiger partial charge in [-0.05, 0) is 34.4 Å². The standard InChI is InChI=1S/C15H8F3NO5S/c16-15(17,18)25(22,23)24-11-6-7-12-10(8-11)5-4-9-2-1-3-13(14(9)12)19(20)21/h1-8H. The van der Waals surface area contributed by atoms with Gasteiger partial charge in [-0.3, -0.25) is 10.1 Å². The predicted molar refractivity (Wildman–Crippen MR) is 83.7 cm³/mol. The van der Waals surface area contributed by atoms with E-state index in [1.165, 1.54) is 24.3 Å². The third-order valence-corrected chi connectivity index (χ3v) is 4.47. The van der Waals surface area contributed by atoms with E-state index in [1.807, 2.05) is 0 Å². The largest absolute Gasteiger partial charge is 0.534 e. The normalized spacial score (nSPS) is 12.4. The van der Waals surface area contributed by atoms with Gasteiger partial charge in [0.05, 0.1) is 10.3 Å². The fourth-order valence-corrected chi connectivity index (χ4v) is 2.91. The summed E-state index contributed by atoms with van der Waals surface area (Å²) in [6.07, 6.45) is 0. The van der Waals surface area contributed by atoms with Gasteiger partial charge >= 0.3 is 15.6 Å². The number of alkyl halides is 3. The maximum absolute atomic E-state index is 12.4. The summed E-state index contributed by atoms with van der Waals surface area (Å²) < 4.78 is 63.4. The lowest BCUT2D eigenvalue weighted by atomic mass is 10.0. The van der Waals surface area contributed by atoms with Crippen LogP contribution >= 0.6 is 0 Å². The lowest BCUT2D eigenvalue weighted by molar-refractivity contribution is -0.383. The van der Waals surface area contributed by atoms with Gasteiger partial charge in [0.25, 0.3) is 5.69 Å². The molecule has 6 nitrogen and oxygen atoms in total. The zero-order valence-electron chi connectivity index (χ0n) is 12.1. The minimum absolute atomic E-state index is 0.167. The van der Waals surface area contributed by atoms with E-state index in [2.05, 4.69) is 4.18 Å². The van der Waals surface area contributed by atoms with Crippen molar-refractivity contribution in [3.8, 4) is 5.75 Å². The molecule has 130 valence electrons. The highest BCUT2D eigenvalue weighted by Gasteiger charge is 2.48. The van der Waals surface area contributed by atoms with Crippen molar-refractivity contribution in [2.75, 3.05) is 0 Å². The molecule has 3 aromatic rings. The summed E-state index contributed by atoms with van der Waals surface area (Å²) >= 11 is 0. The number of hydrogen-bond donors (Lipinski definition) is 0. The number of rotatable bonds is 3. The first-order valence-electron chi connectivity index (χ1n) is 6.71. The first-order chi connectivity index (χ1) is 11.6. The molecule has 0 saturated heterocycles. The van der Waals surface area contributed by atoms with Crippen LogP contribution in [0.1, 0.15) is 0 Å². The highest BCUT2D eigenvalue weighted by atomic mass is 32.2. The minimum Gasteiger partial charge on any atom is -0.376 e. The van der Waals surface area contributed by atoms with Crippen molar-refractivity contribution >= 4 is 37.4 Å². The second-order valence-corrected chi connectivity index (χ2v) is 6.60. The Labute approximate surface area is 138 Å². The van der Waals surface area contributed by atoms with Gasteiger partial charge in [0.15, 0.2) is 0 Å². The topological polar surface area (TPSA) is 86.5 Å². The molecule has 0 N–H and O–H groups in total. The van der Waals surface area contributed by atoms with E-state index in [-0.39, 0.29) is 5.69 Å². The van der Waals surface area contributed by atoms with E-state index in [0.29, 0.717) is 21.5 Å².